The third kappa shape index (κ3) is 2.85. The summed E-state index contributed by atoms with van der Waals surface area (Å²) in [6.07, 6.45) is 9.88. The van der Waals surface area contributed by atoms with Crippen LogP contribution < -0.4 is 0 Å². The van der Waals surface area contributed by atoms with Gasteiger partial charge in [0, 0.05) is 37.6 Å². The van der Waals surface area contributed by atoms with E-state index in [4.69, 9.17) is 0 Å². The summed E-state index contributed by atoms with van der Waals surface area (Å²) < 4.78 is 0. The van der Waals surface area contributed by atoms with Crippen LogP contribution in [0, 0.1) is 5.92 Å². The van der Waals surface area contributed by atoms with Crippen LogP contribution >= 0.6 is 0 Å². The summed E-state index contributed by atoms with van der Waals surface area (Å²) in [4.78, 5) is 32.2. The van der Waals surface area contributed by atoms with Crippen molar-refractivity contribution < 1.29 is 9.59 Å². The van der Waals surface area contributed by atoms with Crippen molar-refractivity contribution in [3.8, 4) is 0 Å². The molecule has 3 atom stereocenters. The van der Waals surface area contributed by atoms with Crippen LogP contribution in [0.25, 0.3) is 0 Å². The normalized spacial score (nSPS) is 35.5. The molecule has 3 heterocycles. The van der Waals surface area contributed by atoms with Gasteiger partial charge in [-0.25, -0.2) is 0 Å². The first-order chi connectivity index (χ1) is 11.6. The lowest BCUT2D eigenvalue weighted by Crippen LogP contribution is -2.49. The molecule has 4 aliphatic rings. The molecule has 3 aliphatic heterocycles. The predicted molar refractivity (Wildman–Crippen MR) is 92.5 cm³/mol. The van der Waals surface area contributed by atoms with E-state index < -0.39 is 0 Å². The van der Waals surface area contributed by atoms with Crippen molar-refractivity contribution in [3.63, 3.8) is 0 Å². The predicted octanol–water partition coefficient (Wildman–Crippen LogP) is 1.86. The van der Waals surface area contributed by atoms with E-state index in [-0.39, 0.29) is 17.7 Å². The van der Waals surface area contributed by atoms with Crippen molar-refractivity contribution in [3.05, 3.63) is 0 Å². The molecule has 1 saturated carbocycles. The van der Waals surface area contributed by atoms with Gasteiger partial charge < -0.3 is 14.7 Å². The Morgan fingerprint density at radius 3 is 2.38 bits per heavy atom. The summed E-state index contributed by atoms with van der Waals surface area (Å²) >= 11 is 0. The zero-order chi connectivity index (χ0) is 16.7. The number of likely N-dealkylation sites (tertiary alicyclic amines) is 3. The van der Waals surface area contributed by atoms with Gasteiger partial charge in [-0.05, 0) is 52.1 Å². The molecule has 2 amide bonds. The maximum Gasteiger partial charge on any atom is 0.228 e. The third-order valence-corrected chi connectivity index (χ3v) is 6.88. The highest BCUT2D eigenvalue weighted by Gasteiger charge is 2.44. The van der Waals surface area contributed by atoms with Crippen molar-refractivity contribution in [1.82, 2.24) is 14.7 Å². The minimum atomic E-state index is -0.0922. The number of hydrogen-bond acceptors (Lipinski definition) is 3. The molecule has 0 unspecified atom stereocenters. The SMILES string of the molecule is CN1CCC[C@@H]1[C@@H]1CCCN1C(=O)[C@@H]1CC(=O)N(C2CCCC2)C1. The average Bonchev–Trinajstić information content (AvgIpc) is 3.33. The second-order valence-electron chi connectivity index (χ2n) is 8.32. The fourth-order valence-corrected chi connectivity index (χ4v) is 5.59. The summed E-state index contributed by atoms with van der Waals surface area (Å²) in [6, 6.07) is 1.31. The second kappa shape index (κ2) is 6.66. The maximum absolute atomic E-state index is 13.2. The molecule has 0 N–H and O–H groups in total. The van der Waals surface area contributed by atoms with E-state index in [1.165, 1.54) is 25.7 Å². The zero-order valence-electron chi connectivity index (χ0n) is 15.0. The lowest BCUT2D eigenvalue weighted by Gasteiger charge is -2.34. The molecule has 0 bridgehead atoms. The second-order valence-corrected chi connectivity index (χ2v) is 8.32. The first-order valence-electron chi connectivity index (χ1n) is 9.95. The van der Waals surface area contributed by atoms with E-state index >= 15 is 0 Å². The van der Waals surface area contributed by atoms with Gasteiger partial charge in [-0.15, -0.1) is 0 Å². The molecule has 5 nitrogen and oxygen atoms in total. The van der Waals surface area contributed by atoms with E-state index in [2.05, 4.69) is 16.8 Å². The minimum absolute atomic E-state index is 0.0922. The molecule has 3 saturated heterocycles. The Kier molecular flexibility index (Phi) is 4.54. The quantitative estimate of drug-likeness (QED) is 0.792. The standard InChI is InChI=1S/C19H31N3O2/c1-20-10-4-8-16(20)17-9-5-11-21(17)19(24)14-12-18(23)22(13-14)15-6-2-3-7-15/h14-17H,2-13H2,1H3/t14-,16-,17+/m1/s1. The molecular formula is C19H31N3O2. The van der Waals surface area contributed by atoms with E-state index in [1.807, 2.05) is 4.90 Å². The van der Waals surface area contributed by atoms with Gasteiger partial charge in [0.2, 0.25) is 11.8 Å². The molecule has 1 aliphatic carbocycles. The van der Waals surface area contributed by atoms with Crippen molar-refractivity contribution in [2.24, 2.45) is 5.92 Å². The molecular weight excluding hydrogens is 302 g/mol. The molecule has 4 rings (SSSR count). The van der Waals surface area contributed by atoms with Crippen LogP contribution in [0.3, 0.4) is 0 Å². The Balaban J connectivity index is 1.42. The van der Waals surface area contributed by atoms with Crippen LogP contribution in [0.4, 0.5) is 0 Å². The Labute approximate surface area is 145 Å². The van der Waals surface area contributed by atoms with E-state index in [0.717, 1.165) is 38.8 Å². The van der Waals surface area contributed by atoms with Crippen molar-refractivity contribution in [2.45, 2.75) is 75.9 Å². The molecule has 5 heteroatoms. The molecule has 134 valence electrons. The van der Waals surface area contributed by atoms with Gasteiger partial charge in [0.15, 0.2) is 0 Å². The fraction of sp³-hybridized carbons (Fsp3) is 0.895. The highest BCUT2D eigenvalue weighted by atomic mass is 16.2. The van der Waals surface area contributed by atoms with E-state index in [1.54, 1.807) is 0 Å². The van der Waals surface area contributed by atoms with Crippen LogP contribution in [0.5, 0.6) is 0 Å². The Bertz CT molecular complexity index is 503. The molecule has 0 radical (unpaired) electrons. The average molecular weight is 333 g/mol. The lowest BCUT2D eigenvalue weighted by atomic mass is 10.0. The van der Waals surface area contributed by atoms with Crippen LogP contribution in [-0.2, 0) is 9.59 Å². The zero-order valence-corrected chi connectivity index (χ0v) is 15.0. The maximum atomic E-state index is 13.2. The van der Waals surface area contributed by atoms with Crippen LogP contribution in [0.1, 0.15) is 57.8 Å². The Morgan fingerprint density at radius 2 is 1.67 bits per heavy atom. The topological polar surface area (TPSA) is 43.9 Å². The lowest BCUT2D eigenvalue weighted by molar-refractivity contribution is -0.137. The van der Waals surface area contributed by atoms with Crippen LogP contribution in [0.2, 0.25) is 0 Å². The summed E-state index contributed by atoms with van der Waals surface area (Å²) in [5.74, 6) is 0.381. The number of likely N-dealkylation sites (N-methyl/N-ethyl adjacent to an activating group) is 1. The first-order valence-corrected chi connectivity index (χ1v) is 9.95. The molecule has 0 aromatic carbocycles. The van der Waals surface area contributed by atoms with E-state index in [9.17, 15) is 9.59 Å². The van der Waals surface area contributed by atoms with Gasteiger partial charge >= 0.3 is 0 Å². The van der Waals surface area contributed by atoms with Crippen molar-refractivity contribution in [1.29, 1.82) is 0 Å². The molecule has 4 fully saturated rings. The van der Waals surface area contributed by atoms with Gasteiger partial charge in [0.25, 0.3) is 0 Å². The van der Waals surface area contributed by atoms with Crippen molar-refractivity contribution >= 4 is 11.8 Å². The van der Waals surface area contributed by atoms with Crippen LogP contribution in [-0.4, -0.2) is 71.3 Å². The number of hydrogen-bond donors (Lipinski definition) is 0. The highest BCUT2D eigenvalue weighted by molar-refractivity contribution is 5.89. The van der Waals surface area contributed by atoms with Gasteiger partial charge in [-0.1, -0.05) is 12.8 Å². The monoisotopic (exact) mass is 333 g/mol. The molecule has 0 aromatic rings. The van der Waals surface area contributed by atoms with Crippen LogP contribution in [0.15, 0.2) is 0 Å². The fourth-order valence-electron chi connectivity index (χ4n) is 5.59. The number of carbonyl (C=O) groups excluding carboxylic acids is 2. The Morgan fingerprint density at radius 1 is 0.958 bits per heavy atom. The highest BCUT2D eigenvalue weighted by Crippen LogP contribution is 2.34. The van der Waals surface area contributed by atoms with Gasteiger partial charge in [0.1, 0.15) is 0 Å². The summed E-state index contributed by atoms with van der Waals surface area (Å²) in [7, 11) is 2.19. The minimum Gasteiger partial charge on any atom is -0.339 e. The van der Waals surface area contributed by atoms with Gasteiger partial charge in [-0.2, -0.15) is 0 Å². The number of carbonyl (C=O) groups is 2. The van der Waals surface area contributed by atoms with Crippen molar-refractivity contribution in [2.75, 3.05) is 26.7 Å². The summed E-state index contributed by atoms with van der Waals surface area (Å²) in [5.41, 5.74) is 0. The van der Waals surface area contributed by atoms with Gasteiger partial charge in [0.05, 0.1) is 5.92 Å². The third-order valence-electron chi connectivity index (χ3n) is 6.88. The smallest absolute Gasteiger partial charge is 0.228 e. The number of amides is 2. The largest absolute Gasteiger partial charge is 0.339 e. The summed E-state index contributed by atoms with van der Waals surface area (Å²) in [6.45, 7) is 2.72. The molecule has 24 heavy (non-hydrogen) atoms. The van der Waals surface area contributed by atoms with E-state index in [0.29, 0.717) is 31.1 Å². The Hall–Kier alpha value is -1.10. The number of rotatable bonds is 3. The molecule has 0 spiro atoms. The first kappa shape index (κ1) is 16.4. The summed E-state index contributed by atoms with van der Waals surface area (Å²) in [5, 5.41) is 0. The van der Waals surface area contributed by atoms with Gasteiger partial charge in [-0.3, -0.25) is 9.59 Å². The number of nitrogens with zero attached hydrogens (tertiary/aromatic N) is 3. The molecule has 0 aromatic heterocycles.